The standard InChI is InChI=1S/C8H13NO6/c10-2-8-1-3(9-7(14)15-8)4(11)5(12)6(8)13/h3-6,10-13H,1-2H2,(H,9,14)/t3-,4-,5+,6-,8-/m1/s1. The molecule has 5 atom stereocenters. The first-order valence-electron chi connectivity index (χ1n) is 4.65. The molecule has 1 aliphatic heterocycles. The van der Waals surface area contributed by atoms with Gasteiger partial charge in [-0.3, -0.25) is 0 Å². The zero-order chi connectivity index (χ0) is 11.2. The van der Waals surface area contributed by atoms with E-state index in [-0.39, 0.29) is 6.42 Å². The summed E-state index contributed by atoms with van der Waals surface area (Å²) in [6.45, 7) is -0.595. The lowest BCUT2D eigenvalue weighted by atomic mass is 9.75. The molecule has 0 aromatic carbocycles. The minimum atomic E-state index is -1.51. The highest BCUT2D eigenvalue weighted by Gasteiger charge is 2.57. The molecule has 0 radical (unpaired) electrons. The molecule has 1 amide bonds. The number of aliphatic hydroxyl groups is 4. The van der Waals surface area contributed by atoms with Gasteiger partial charge < -0.3 is 30.5 Å². The van der Waals surface area contributed by atoms with E-state index in [0.717, 1.165) is 0 Å². The molecular weight excluding hydrogens is 206 g/mol. The molecule has 0 spiro atoms. The summed E-state index contributed by atoms with van der Waals surface area (Å²) >= 11 is 0. The van der Waals surface area contributed by atoms with Gasteiger partial charge in [0.2, 0.25) is 0 Å². The second-order valence-corrected chi connectivity index (χ2v) is 3.99. The molecular formula is C8H13NO6. The Morgan fingerprint density at radius 3 is 2.67 bits per heavy atom. The van der Waals surface area contributed by atoms with Crippen molar-refractivity contribution in [2.45, 2.75) is 36.4 Å². The summed E-state index contributed by atoms with van der Waals surface area (Å²) in [6, 6.07) is -0.711. The number of rotatable bonds is 1. The highest BCUT2D eigenvalue weighted by Crippen LogP contribution is 2.35. The Hall–Kier alpha value is -0.890. The van der Waals surface area contributed by atoms with E-state index in [0.29, 0.717) is 0 Å². The van der Waals surface area contributed by atoms with Gasteiger partial charge in [-0.05, 0) is 0 Å². The number of carbonyl (C=O) groups is 1. The number of nitrogens with one attached hydrogen (secondary N) is 1. The van der Waals surface area contributed by atoms with Gasteiger partial charge in [0.25, 0.3) is 0 Å². The fraction of sp³-hybridized carbons (Fsp3) is 0.875. The van der Waals surface area contributed by atoms with Crippen LogP contribution in [0.15, 0.2) is 0 Å². The smallest absolute Gasteiger partial charge is 0.408 e. The summed E-state index contributed by atoms with van der Waals surface area (Å²) < 4.78 is 4.80. The lowest BCUT2D eigenvalue weighted by molar-refractivity contribution is -0.219. The summed E-state index contributed by atoms with van der Waals surface area (Å²) in [5.74, 6) is 0. The first-order chi connectivity index (χ1) is 7.00. The van der Waals surface area contributed by atoms with Crippen molar-refractivity contribution < 1.29 is 30.0 Å². The Morgan fingerprint density at radius 2 is 2.07 bits per heavy atom. The molecule has 1 aliphatic carbocycles. The van der Waals surface area contributed by atoms with Crippen molar-refractivity contribution >= 4 is 6.09 Å². The van der Waals surface area contributed by atoms with Gasteiger partial charge >= 0.3 is 6.09 Å². The van der Waals surface area contributed by atoms with Crippen molar-refractivity contribution in [3.63, 3.8) is 0 Å². The normalized spacial score (nSPS) is 49.5. The molecule has 2 rings (SSSR count). The molecule has 15 heavy (non-hydrogen) atoms. The van der Waals surface area contributed by atoms with Gasteiger partial charge in [-0.1, -0.05) is 0 Å². The zero-order valence-electron chi connectivity index (χ0n) is 7.83. The number of amides is 1. The van der Waals surface area contributed by atoms with Crippen molar-refractivity contribution in [3.05, 3.63) is 0 Å². The van der Waals surface area contributed by atoms with Gasteiger partial charge in [-0.25, -0.2) is 4.79 Å². The molecule has 7 nitrogen and oxygen atoms in total. The van der Waals surface area contributed by atoms with Gasteiger partial charge in [0.1, 0.15) is 18.3 Å². The molecule has 1 saturated heterocycles. The predicted octanol–water partition coefficient (Wildman–Crippen LogP) is -2.69. The van der Waals surface area contributed by atoms with Crippen molar-refractivity contribution in [2.75, 3.05) is 6.61 Å². The number of fused-ring (bicyclic) bond motifs is 2. The quantitative estimate of drug-likeness (QED) is 0.328. The first kappa shape index (κ1) is 10.6. The fourth-order valence-electron chi connectivity index (χ4n) is 2.14. The minimum absolute atomic E-state index is 0.0641. The van der Waals surface area contributed by atoms with Crippen LogP contribution in [0.1, 0.15) is 6.42 Å². The molecule has 1 saturated carbocycles. The largest absolute Gasteiger partial charge is 0.438 e. The lowest BCUT2D eigenvalue weighted by Crippen LogP contribution is -2.72. The van der Waals surface area contributed by atoms with Gasteiger partial charge in [-0.2, -0.15) is 0 Å². The highest BCUT2D eigenvalue weighted by molar-refractivity contribution is 5.69. The maximum Gasteiger partial charge on any atom is 0.408 e. The molecule has 1 heterocycles. The van der Waals surface area contributed by atoms with Gasteiger partial charge in [0.05, 0.1) is 12.6 Å². The van der Waals surface area contributed by atoms with E-state index in [2.05, 4.69) is 5.32 Å². The fourth-order valence-corrected chi connectivity index (χ4v) is 2.14. The average molecular weight is 219 g/mol. The van der Waals surface area contributed by atoms with Gasteiger partial charge in [0.15, 0.2) is 5.60 Å². The van der Waals surface area contributed by atoms with Crippen LogP contribution in [-0.2, 0) is 4.74 Å². The minimum Gasteiger partial charge on any atom is -0.438 e. The zero-order valence-corrected chi connectivity index (χ0v) is 7.83. The predicted molar refractivity (Wildman–Crippen MR) is 45.9 cm³/mol. The third-order valence-electron chi connectivity index (χ3n) is 3.06. The van der Waals surface area contributed by atoms with Crippen LogP contribution in [0.3, 0.4) is 0 Å². The van der Waals surface area contributed by atoms with Crippen LogP contribution in [-0.4, -0.2) is 63.1 Å². The molecule has 0 unspecified atom stereocenters. The van der Waals surface area contributed by atoms with E-state index >= 15 is 0 Å². The number of alkyl carbamates (subject to hydrolysis) is 1. The topological polar surface area (TPSA) is 119 Å². The third kappa shape index (κ3) is 1.39. The molecule has 0 aromatic rings. The van der Waals surface area contributed by atoms with E-state index in [1.54, 1.807) is 0 Å². The number of hydrogen-bond acceptors (Lipinski definition) is 6. The van der Waals surface area contributed by atoms with Crippen molar-refractivity contribution in [3.8, 4) is 0 Å². The van der Waals surface area contributed by atoms with Crippen molar-refractivity contribution in [2.24, 2.45) is 0 Å². The SMILES string of the molecule is O=C1N[C@@H]2C[C@](CO)(O1)[C@H](O)[C@@H](O)[C@@H]2O. The van der Waals surface area contributed by atoms with Crippen LogP contribution in [0.4, 0.5) is 4.79 Å². The number of carbonyl (C=O) groups excluding carboxylic acids is 1. The maximum atomic E-state index is 11.1. The molecule has 2 aliphatic rings. The van der Waals surface area contributed by atoms with Crippen LogP contribution >= 0.6 is 0 Å². The number of ether oxygens (including phenoxy) is 1. The molecule has 0 aromatic heterocycles. The Morgan fingerprint density at radius 1 is 1.40 bits per heavy atom. The van der Waals surface area contributed by atoms with Crippen molar-refractivity contribution in [1.82, 2.24) is 5.32 Å². The number of aliphatic hydroxyl groups excluding tert-OH is 4. The second kappa shape index (κ2) is 3.31. The Balaban J connectivity index is 2.32. The van der Waals surface area contributed by atoms with Crippen LogP contribution in [0.5, 0.6) is 0 Å². The van der Waals surface area contributed by atoms with E-state index < -0.39 is 42.7 Å². The van der Waals surface area contributed by atoms with E-state index in [9.17, 15) is 20.1 Å². The average Bonchev–Trinajstić information content (AvgIpc) is 2.23. The Bertz CT molecular complexity index is 284. The van der Waals surface area contributed by atoms with Crippen LogP contribution in [0, 0.1) is 0 Å². The molecule has 2 bridgehead atoms. The van der Waals surface area contributed by atoms with Crippen molar-refractivity contribution in [1.29, 1.82) is 0 Å². The Kier molecular flexibility index (Phi) is 2.34. The third-order valence-corrected chi connectivity index (χ3v) is 3.06. The molecule has 7 heteroatoms. The van der Waals surface area contributed by atoms with Gasteiger partial charge in [-0.15, -0.1) is 0 Å². The van der Waals surface area contributed by atoms with Crippen LogP contribution in [0.25, 0.3) is 0 Å². The van der Waals surface area contributed by atoms with Crippen LogP contribution in [0.2, 0.25) is 0 Å². The summed E-state index contributed by atoms with van der Waals surface area (Å²) in [6.07, 6.45) is -4.94. The monoisotopic (exact) mass is 219 g/mol. The second-order valence-electron chi connectivity index (χ2n) is 3.99. The molecule has 5 N–H and O–H groups in total. The lowest BCUT2D eigenvalue weighted by Gasteiger charge is -2.50. The summed E-state index contributed by atoms with van der Waals surface area (Å²) in [7, 11) is 0. The summed E-state index contributed by atoms with van der Waals surface area (Å²) in [4.78, 5) is 11.1. The number of hydrogen-bond donors (Lipinski definition) is 5. The van der Waals surface area contributed by atoms with E-state index in [1.807, 2.05) is 0 Å². The van der Waals surface area contributed by atoms with Gasteiger partial charge in [0, 0.05) is 6.42 Å². The summed E-state index contributed by atoms with van der Waals surface area (Å²) in [5.41, 5.74) is -1.51. The Labute approximate surface area is 85.3 Å². The molecule has 2 fully saturated rings. The van der Waals surface area contributed by atoms with E-state index in [1.165, 1.54) is 0 Å². The first-order valence-corrected chi connectivity index (χ1v) is 4.65. The summed E-state index contributed by atoms with van der Waals surface area (Å²) in [5, 5.41) is 40.1. The van der Waals surface area contributed by atoms with E-state index in [4.69, 9.17) is 9.84 Å². The highest BCUT2D eigenvalue weighted by atomic mass is 16.6. The molecule has 86 valence electrons. The maximum absolute atomic E-state index is 11.1. The van der Waals surface area contributed by atoms with Crippen LogP contribution < -0.4 is 5.32 Å².